The minimum atomic E-state index is 0.510. The van der Waals surface area contributed by atoms with E-state index >= 15 is 0 Å². The molecule has 2 unspecified atom stereocenters. The van der Waals surface area contributed by atoms with Crippen molar-refractivity contribution in [2.75, 3.05) is 20.7 Å². The van der Waals surface area contributed by atoms with E-state index in [-0.39, 0.29) is 0 Å². The van der Waals surface area contributed by atoms with Gasteiger partial charge in [-0.1, -0.05) is 26.0 Å². The summed E-state index contributed by atoms with van der Waals surface area (Å²) in [5.41, 5.74) is 1.29. The summed E-state index contributed by atoms with van der Waals surface area (Å²) in [4.78, 5) is 2.39. The van der Waals surface area contributed by atoms with Crippen LogP contribution in [-0.2, 0) is 6.54 Å². The molecule has 0 amide bonds. The highest BCUT2D eigenvalue weighted by atomic mass is 16.5. The van der Waals surface area contributed by atoms with Crippen molar-refractivity contribution in [1.82, 2.24) is 10.2 Å². The summed E-state index contributed by atoms with van der Waals surface area (Å²) in [5, 5.41) is 3.55. The van der Waals surface area contributed by atoms with Gasteiger partial charge in [-0.05, 0) is 44.6 Å². The molecule has 3 nitrogen and oxygen atoms in total. The third kappa shape index (κ3) is 4.84. The highest BCUT2D eigenvalue weighted by molar-refractivity contribution is 5.28. The largest absolute Gasteiger partial charge is 0.497 e. The molecule has 0 spiro atoms. The van der Waals surface area contributed by atoms with Crippen molar-refractivity contribution >= 4 is 0 Å². The van der Waals surface area contributed by atoms with Crippen LogP contribution >= 0.6 is 0 Å². The quantitative estimate of drug-likeness (QED) is 0.781. The molecule has 0 aliphatic rings. The van der Waals surface area contributed by atoms with Crippen molar-refractivity contribution in [1.29, 1.82) is 0 Å². The van der Waals surface area contributed by atoms with E-state index in [1.807, 2.05) is 12.1 Å². The van der Waals surface area contributed by atoms with Crippen molar-refractivity contribution < 1.29 is 4.74 Å². The number of nitrogens with one attached hydrogen (secondary N) is 1. The number of nitrogens with zero attached hydrogens (tertiary/aromatic N) is 1. The Kier molecular flexibility index (Phi) is 6.89. The Balaban J connectivity index is 2.64. The Hall–Kier alpha value is -1.06. The van der Waals surface area contributed by atoms with E-state index in [1.54, 1.807) is 7.11 Å². The highest BCUT2D eigenvalue weighted by Gasteiger charge is 2.18. The van der Waals surface area contributed by atoms with Crippen molar-refractivity contribution in [3.8, 4) is 5.75 Å². The van der Waals surface area contributed by atoms with E-state index in [0.717, 1.165) is 25.3 Å². The molecule has 1 N–H and O–H groups in total. The van der Waals surface area contributed by atoms with E-state index in [4.69, 9.17) is 4.74 Å². The first-order chi connectivity index (χ1) is 9.12. The normalized spacial score (nSPS) is 14.4. The second kappa shape index (κ2) is 8.18. The van der Waals surface area contributed by atoms with Crippen LogP contribution in [0.4, 0.5) is 0 Å². The maximum atomic E-state index is 5.27. The summed E-state index contributed by atoms with van der Waals surface area (Å²) in [6.07, 6.45) is 1.15. The second-order valence-electron chi connectivity index (χ2n) is 5.08. The third-order valence-electron chi connectivity index (χ3n) is 3.75. The molecular formula is C16H28N2O. The van der Waals surface area contributed by atoms with Crippen LogP contribution < -0.4 is 10.1 Å². The monoisotopic (exact) mass is 264 g/mol. The molecule has 0 saturated heterocycles. The molecule has 1 aromatic rings. The van der Waals surface area contributed by atoms with E-state index < -0.39 is 0 Å². The minimum Gasteiger partial charge on any atom is -0.497 e. The van der Waals surface area contributed by atoms with Crippen LogP contribution in [0.3, 0.4) is 0 Å². The predicted octanol–water partition coefficient (Wildman–Crippen LogP) is 2.90. The maximum Gasteiger partial charge on any atom is 0.119 e. The standard InChI is InChI=1S/C16H28N2O/c1-6-16(17-7-2)13(3)18(4)12-14-9-8-10-15(11-14)19-5/h8-11,13,16-17H,6-7,12H2,1-5H3. The topological polar surface area (TPSA) is 24.5 Å². The smallest absolute Gasteiger partial charge is 0.119 e. The summed E-state index contributed by atoms with van der Waals surface area (Å²) in [6, 6.07) is 9.35. The average Bonchev–Trinajstić information content (AvgIpc) is 2.44. The van der Waals surface area contributed by atoms with Gasteiger partial charge in [-0.3, -0.25) is 4.90 Å². The predicted molar refractivity (Wildman–Crippen MR) is 81.7 cm³/mol. The Bertz CT molecular complexity index is 368. The van der Waals surface area contributed by atoms with E-state index in [1.165, 1.54) is 5.56 Å². The molecule has 0 radical (unpaired) electrons. The van der Waals surface area contributed by atoms with Crippen molar-refractivity contribution in [2.45, 2.75) is 45.8 Å². The maximum absolute atomic E-state index is 5.27. The second-order valence-corrected chi connectivity index (χ2v) is 5.08. The molecule has 19 heavy (non-hydrogen) atoms. The summed E-state index contributed by atoms with van der Waals surface area (Å²) >= 11 is 0. The molecule has 3 heteroatoms. The Labute approximate surface area is 118 Å². The van der Waals surface area contributed by atoms with Crippen LogP contribution in [0.1, 0.15) is 32.8 Å². The van der Waals surface area contributed by atoms with Gasteiger partial charge in [0.25, 0.3) is 0 Å². The number of hydrogen-bond donors (Lipinski definition) is 1. The first-order valence-corrected chi connectivity index (χ1v) is 7.18. The lowest BCUT2D eigenvalue weighted by molar-refractivity contribution is 0.196. The molecule has 0 heterocycles. The van der Waals surface area contributed by atoms with Crippen LogP contribution in [0, 0.1) is 0 Å². The SMILES string of the molecule is CCNC(CC)C(C)N(C)Cc1cccc(OC)c1. The van der Waals surface area contributed by atoms with Crippen LogP contribution in [0.15, 0.2) is 24.3 Å². The summed E-state index contributed by atoms with van der Waals surface area (Å²) in [6.45, 7) is 8.66. The summed E-state index contributed by atoms with van der Waals surface area (Å²) in [7, 11) is 3.90. The Morgan fingerprint density at radius 1 is 1.32 bits per heavy atom. The van der Waals surface area contributed by atoms with Crippen molar-refractivity contribution in [3.63, 3.8) is 0 Å². The minimum absolute atomic E-state index is 0.510. The molecule has 1 rings (SSSR count). The lowest BCUT2D eigenvalue weighted by Crippen LogP contribution is -2.46. The number of likely N-dealkylation sites (N-methyl/N-ethyl adjacent to an activating group) is 2. The van der Waals surface area contributed by atoms with Gasteiger partial charge in [0.1, 0.15) is 5.75 Å². The summed E-state index contributed by atoms with van der Waals surface area (Å²) in [5.74, 6) is 0.928. The van der Waals surface area contributed by atoms with Crippen LogP contribution in [0.25, 0.3) is 0 Å². The number of hydrogen-bond acceptors (Lipinski definition) is 3. The van der Waals surface area contributed by atoms with E-state index in [2.05, 4.69) is 50.2 Å². The first kappa shape index (κ1) is 16.0. The zero-order valence-electron chi connectivity index (χ0n) is 12.9. The van der Waals surface area contributed by atoms with Gasteiger partial charge in [0, 0.05) is 18.6 Å². The fraction of sp³-hybridized carbons (Fsp3) is 0.625. The zero-order chi connectivity index (χ0) is 14.3. The fourth-order valence-electron chi connectivity index (χ4n) is 2.43. The Morgan fingerprint density at radius 3 is 2.63 bits per heavy atom. The Morgan fingerprint density at radius 2 is 2.05 bits per heavy atom. The lowest BCUT2D eigenvalue weighted by atomic mass is 10.1. The fourth-order valence-corrected chi connectivity index (χ4v) is 2.43. The first-order valence-electron chi connectivity index (χ1n) is 7.18. The van der Waals surface area contributed by atoms with E-state index in [0.29, 0.717) is 12.1 Å². The zero-order valence-corrected chi connectivity index (χ0v) is 12.9. The molecule has 1 aromatic carbocycles. The van der Waals surface area contributed by atoms with Gasteiger partial charge in [-0.2, -0.15) is 0 Å². The van der Waals surface area contributed by atoms with Gasteiger partial charge in [0.2, 0.25) is 0 Å². The van der Waals surface area contributed by atoms with Crippen molar-refractivity contribution in [2.24, 2.45) is 0 Å². The van der Waals surface area contributed by atoms with Crippen LogP contribution in [-0.4, -0.2) is 37.7 Å². The number of rotatable bonds is 8. The van der Waals surface area contributed by atoms with E-state index in [9.17, 15) is 0 Å². The molecule has 108 valence electrons. The molecule has 0 aliphatic carbocycles. The van der Waals surface area contributed by atoms with Crippen molar-refractivity contribution in [3.05, 3.63) is 29.8 Å². The van der Waals surface area contributed by atoms with Crippen LogP contribution in [0.5, 0.6) is 5.75 Å². The molecule has 0 fully saturated rings. The molecular weight excluding hydrogens is 236 g/mol. The highest BCUT2D eigenvalue weighted by Crippen LogP contribution is 2.16. The third-order valence-corrected chi connectivity index (χ3v) is 3.75. The van der Waals surface area contributed by atoms with Crippen LogP contribution in [0.2, 0.25) is 0 Å². The molecule has 2 atom stereocenters. The van der Waals surface area contributed by atoms with Gasteiger partial charge >= 0.3 is 0 Å². The van der Waals surface area contributed by atoms with Gasteiger partial charge in [-0.15, -0.1) is 0 Å². The molecule has 0 aliphatic heterocycles. The van der Waals surface area contributed by atoms with Gasteiger partial charge in [0.15, 0.2) is 0 Å². The number of benzene rings is 1. The molecule has 0 aromatic heterocycles. The van der Waals surface area contributed by atoms with Gasteiger partial charge < -0.3 is 10.1 Å². The summed E-state index contributed by atoms with van der Waals surface area (Å²) < 4.78 is 5.27. The number of methoxy groups -OCH3 is 1. The van der Waals surface area contributed by atoms with Gasteiger partial charge in [0.05, 0.1) is 7.11 Å². The van der Waals surface area contributed by atoms with Gasteiger partial charge in [-0.25, -0.2) is 0 Å². The lowest BCUT2D eigenvalue weighted by Gasteiger charge is -2.32. The average molecular weight is 264 g/mol. The molecule has 0 saturated carbocycles. The number of ether oxygens (including phenoxy) is 1. The molecule has 0 bridgehead atoms.